The summed E-state index contributed by atoms with van der Waals surface area (Å²) in [5.74, 6) is 1.76. The summed E-state index contributed by atoms with van der Waals surface area (Å²) in [6.07, 6.45) is 2.71. The van der Waals surface area contributed by atoms with Crippen molar-refractivity contribution in [2.24, 2.45) is 10.9 Å². The fourth-order valence-corrected chi connectivity index (χ4v) is 2.25. The molecule has 1 atom stereocenters. The third kappa shape index (κ3) is 4.53. The first kappa shape index (κ1) is 14.9. The maximum absolute atomic E-state index is 4.29. The lowest BCUT2D eigenvalue weighted by atomic mass is 10.1. The Morgan fingerprint density at radius 3 is 2.50 bits per heavy atom. The normalized spacial score (nSPS) is 17.1. The molecule has 0 bridgehead atoms. The molecule has 0 radical (unpaired) electrons. The van der Waals surface area contributed by atoms with Crippen LogP contribution in [0.15, 0.2) is 35.3 Å². The van der Waals surface area contributed by atoms with Crippen molar-refractivity contribution in [3.63, 3.8) is 0 Å². The summed E-state index contributed by atoms with van der Waals surface area (Å²) in [6.45, 7) is 1.89. The van der Waals surface area contributed by atoms with Crippen LogP contribution in [0, 0.1) is 5.92 Å². The number of aliphatic imine (C=N–C) groups is 1. The molecule has 1 fully saturated rings. The number of hydrogen-bond acceptors (Lipinski definition) is 2. The van der Waals surface area contributed by atoms with E-state index in [4.69, 9.17) is 0 Å². The number of rotatable bonds is 6. The van der Waals surface area contributed by atoms with E-state index in [1.54, 1.807) is 0 Å². The highest BCUT2D eigenvalue weighted by Crippen LogP contribution is 2.27. The van der Waals surface area contributed by atoms with Crippen LogP contribution in [0.4, 0.5) is 0 Å². The Morgan fingerprint density at radius 2 is 1.95 bits per heavy atom. The number of guanidine groups is 1. The van der Waals surface area contributed by atoms with Crippen molar-refractivity contribution in [2.45, 2.75) is 18.9 Å². The summed E-state index contributed by atoms with van der Waals surface area (Å²) in [7, 11) is 6.05. The van der Waals surface area contributed by atoms with Gasteiger partial charge in [0, 0.05) is 20.1 Å². The van der Waals surface area contributed by atoms with Gasteiger partial charge in [0.2, 0.25) is 0 Å². The van der Waals surface area contributed by atoms with Crippen LogP contribution >= 0.6 is 0 Å². The Kier molecular flexibility index (Phi) is 5.41. The third-order valence-corrected chi connectivity index (χ3v) is 3.75. The molecule has 110 valence electrons. The first-order chi connectivity index (χ1) is 9.70. The zero-order valence-electron chi connectivity index (χ0n) is 12.8. The van der Waals surface area contributed by atoms with Crippen molar-refractivity contribution in [1.82, 2.24) is 15.5 Å². The van der Waals surface area contributed by atoms with Crippen molar-refractivity contribution in [1.29, 1.82) is 0 Å². The van der Waals surface area contributed by atoms with Gasteiger partial charge in [-0.05, 0) is 38.4 Å². The zero-order chi connectivity index (χ0) is 14.4. The fourth-order valence-electron chi connectivity index (χ4n) is 2.25. The number of hydrogen-bond donors (Lipinski definition) is 2. The van der Waals surface area contributed by atoms with E-state index in [0.717, 1.165) is 25.0 Å². The number of likely N-dealkylation sites (N-methyl/N-ethyl adjacent to an activating group) is 1. The van der Waals surface area contributed by atoms with Crippen LogP contribution in [-0.4, -0.2) is 45.1 Å². The van der Waals surface area contributed by atoms with Gasteiger partial charge in [0.25, 0.3) is 0 Å². The van der Waals surface area contributed by atoms with Crippen LogP contribution in [0.1, 0.15) is 24.4 Å². The van der Waals surface area contributed by atoms with E-state index in [1.165, 1.54) is 18.4 Å². The first-order valence-electron chi connectivity index (χ1n) is 7.36. The summed E-state index contributed by atoms with van der Waals surface area (Å²) >= 11 is 0. The van der Waals surface area contributed by atoms with Gasteiger partial charge in [0.1, 0.15) is 0 Å². The molecule has 0 amide bonds. The van der Waals surface area contributed by atoms with Gasteiger partial charge >= 0.3 is 0 Å². The van der Waals surface area contributed by atoms with Crippen LogP contribution in [-0.2, 0) is 0 Å². The van der Waals surface area contributed by atoms with Gasteiger partial charge < -0.3 is 15.5 Å². The maximum atomic E-state index is 4.29. The SMILES string of the molecule is CN=C(NCC1CC1)NCC(c1ccccc1)N(C)C. The van der Waals surface area contributed by atoms with Crippen LogP contribution in [0.3, 0.4) is 0 Å². The van der Waals surface area contributed by atoms with E-state index in [-0.39, 0.29) is 0 Å². The molecule has 1 aromatic rings. The maximum Gasteiger partial charge on any atom is 0.191 e. The standard InChI is InChI=1S/C16H26N4/c1-17-16(18-11-13-9-10-13)19-12-15(20(2)3)14-7-5-4-6-8-14/h4-8,13,15H,9-12H2,1-3H3,(H2,17,18,19). The molecule has 0 heterocycles. The Morgan fingerprint density at radius 1 is 1.25 bits per heavy atom. The van der Waals surface area contributed by atoms with Crippen molar-refractivity contribution in [3.8, 4) is 0 Å². The average molecular weight is 274 g/mol. The van der Waals surface area contributed by atoms with Gasteiger partial charge in [-0.2, -0.15) is 0 Å². The molecule has 0 aromatic heterocycles. The molecule has 1 saturated carbocycles. The van der Waals surface area contributed by atoms with Crippen molar-refractivity contribution >= 4 is 5.96 Å². The van der Waals surface area contributed by atoms with Gasteiger partial charge in [-0.1, -0.05) is 30.3 Å². The van der Waals surface area contributed by atoms with Crippen molar-refractivity contribution in [2.75, 3.05) is 34.2 Å². The van der Waals surface area contributed by atoms with E-state index in [2.05, 4.69) is 65.0 Å². The molecule has 1 aliphatic rings. The predicted molar refractivity (Wildman–Crippen MR) is 85.0 cm³/mol. The molecule has 1 aromatic carbocycles. The summed E-state index contributed by atoms with van der Waals surface area (Å²) in [4.78, 5) is 6.52. The van der Waals surface area contributed by atoms with Crippen LogP contribution in [0.25, 0.3) is 0 Å². The summed E-state index contributed by atoms with van der Waals surface area (Å²) < 4.78 is 0. The lowest BCUT2D eigenvalue weighted by molar-refractivity contribution is 0.298. The highest BCUT2D eigenvalue weighted by molar-refractivity contribution is 5.79. The van der Waals surface area contributed by atoms with E-state index in [0.29, 0.717) is 6.04 Å². The Hall–Kier alpha value is -1.55. The van der Waals surface area contributed by atoms with E-state index >= 15 is 0 Å². The number of benzene rings is 1. The number of nitrogens with zero attached hydrogens (tertiary/aromatic N) is 2. The Bertz CT molecular complexity index is 423. The molecule has 0 aliphatic heterocycles. The van der Waals surface area contributed by atoms with E-state index in [9.17, 15) is 0 Å². The molecule has 0 saturated heterocycles. The monoisotopic (exact) mass is 274 g/mol. The summed E-state index contributed by atoms with van der Waals surface area (Å²) in [5, 5.41) is 6.83. The van der Waals surface area contributed by atoms with Gasteiger partial charge in [-0.25, -0.2) is 0 Å². The molecule has 4 heteroatoms. The first-order valence-corrected chi connectivity index (χ1v) is 7.36. The second-order valence-electron chi connectivity index (χ2n) is 5.67. The molecule has 4 nitrogen and oxygen atoms in total. The molecular weight excluding hydrogens is 248 g/mol. The minimum Gasteiger partial charge on any atom is -0.356 e. The minimum atomic E-state index is 0.343. The van der Waals surface area contributed by atoms with Crippen LogP contribution in [0.5, 0.6) is 0 Å². The highest BCUT2D eigenvalue weighted by Gasteiger charge is 2.21. The molecule has 0 spiro atoms. The quantitative estimate of drug-likeness (QED) is 0.614. The van der Waals surface area contributed by atoms with Gasteiger partial charge in [-0.15, -0.1) is 0 Å². The molecule has 2 N–H and O–H groups in total. The molecule has 1 unspecified atom stereocenters. The van der Waals surface area contributed by atoms with E-state index in [1.807, 2.05) is 7.05 Å². The van der Waals surface area contributed by atoms with Gasteiger partial charge in [0.05, 0.1) is 6.04 Å². The Labute approximate surface area is 122 Å². The van der Waals surface area contributed by atoms with Crippen molar-refractivity contribution in [3.05, 3.63) is 35.9 Å². The number of nitrogens with one attached hydrogen (secondary N) is 2. The van der Waals surface area contributed by atoms with Crippen LogP contribution in [0.2, 0.25) is 0 Å². The average Bonchev–Trinajstić information content (AvgIpc) is 3.27. The lowest BCUT2D eigenvalue weighted by Crippen LogP contribution is -2.42. The summed E-state index contributed by atoms with van der Waals surface area (Å²) in [6, 6.07) is 10.9. The lowest BCUT2D eigenvalue weighted by Gasteiger charge is -2.26. The minimum absolute atomic E-state index is 0.343. The van der Waals surface area contributed by atoms with Gasteiger partial charge in [0.15, 0.2) is 5.96 Å². The highest BCUT2D eigenvalue weighted by atomic mass is 15.2. The second kappa shape index (κ2) is 7.29. The molecule has 20 heavy (non-hydrogen) atoms. The second-order valence-corrected chi connectivity index (χ2v) is 5.67. The molecule has 1 aliphatic carbocycles. The fraction of sp³-hybridized carbons (Fsp3) is 0.562. The largest absolute Gasteiger partial charge is 0.356 e. The Balaban J connectivity index is 1.87. The third-order valence-electron chi connectivity index (χ3n) is 3.75. The topological polar surface area (TPSA) is 39.7 Å². The molecule has 2 rings (SSSR count). The summed E-state index contributed by atoms with van der Waals surface area (Å²) in [5.41, 5.74) is 1.32. The molecular formula is C16H26N4. The smallest absolute Gasteiger partial charge is 0.191 e. The van der Waals surface area contributed by atoms with Crippen LogP contribution < -0.4 is 10.6 Å². The van der Waals surface area contributed by atoms with E-state index < -0.39 is 0 Å². The predicted octanol–water partition coefficient (Wildman–Crippen LogP) is 1.86. The van der Waals surface area contributed by atoms with Gasteiger partial charge in [-0.3, -0.25) is 4.99 Å². The zero-order valence-corrected chi connectivity index (χ0v) is 12.8. The van der Waals surface area contributed by atoms with Crippen molar-refractivity contribution < 1.29 is 0 Å².